The highest BCUT2D eigenvalue weighted by Crippen LogP contribution is 2.45. The van der Waals surface area contributed by atoms with E-state index in [2.05, 4.69) is 4.98 Å². The van der Waals surface area contributed by atoms with Crippen LogP contribution >= 0.6 is 0 Å². The second-order valence-electron chi connectivity index (χ2n) is 9.41. The third-order valence-corrected chi connectivity index (χ3v) is 6.20. The highest BCUT2D eigenvalue weighted by molar-refractivity contribution is 5.98. The van der Waals surface area contributed by atoms with Crippen molar-refractivity contribution in [3.05, 3.63) is 95.3 Å². The smallest absolute Gasteiger partial charge is 0.305 e. The van der Waals surface area contributed by atoms with Crippen LogP contribution in [-0.4, -0.2) is 17.2 Å². The molecule has 1 fully saturated rings. The number of carbonyl (C=O) groups is 2. The number of carbonyl (C=O) groups excluding carboxylic acids is 2. The van der Waals surface area contributed by atoms with Gasteiger partial charge in [0.05, 0.1) is 6.04 Å². The van der Waals surface area contributed by atoms with Gasteiger partial charge in [-0.05, 0) is 54.8 Å². The van der Waals surface area contributed by atoms with Crippen LogP contribution in [0.2, 0.25) is 0 Å². The summed E-state index contributed by atoms with van der Waals surface area (Å²) >= 11 is 0. The number of amides is 1. The SMILES string of the molecule is CC(C)(C[C@@H]1C[C@H](c2cc(F)cc(F)c2)N(c2ccccc2)C1=O)c1cccc(C(F)(F)F)n1.O=C(F)F. The first kappa shape index (κ1) is 28.8. The van der Waals surface area contributed by atoms with Crippen LogP contribution in [0.4, 0.5) is 41.2 Å². The first-order chi connectivity index (χ1) is 17.7. The molecule has 3 aromatic rings. The molecular weight excluding hydrogens is 517 g/mol. The maximum atomic E-state index is 14.0. The number of aromatic nitrogens is 1. The Hall–Kier alpha value is -3.76. The highest BCUT2D eigenvalue weighted by atomic mass is 19.4. The topological polar surface area (TPSA) is 50.3 Å². The Balaban J connectivity index is 0.000000934. The number of rotatable bonds is 5. The summed E-state index contributed by atoms with van der Waals surface area (Å²) in [5.41, 5.74) is -0.713. The van der Waals surface area contributed by atoms with Crippen molar-refractivity contribution in [2.45, 2.75) is 44.3 Å². The van der Waals surface area contributed by atoms with E-state index in [4.69, 9.17) is 4.79 Å². The molecule has 0 saturated carbocycles. The fraction of sp³-hybridized carbons (Fsp3) is 0.296. The van der Waals surface area contributed by atoms with Crippen molar-refractivity contribution in [3.8, 4) is 0 Å². The average molecular weight is 540 g/mol. The Morgan fingerprint density at radius 1 is 0.921 bits per heavy atom. The molecule has 4 rings (SSSR count). The van der Waals surface area contributed by atoms with Gasteiger partial charge in [0, 0.05) is 28.8 Å². The van der Waals surface area contributed by atoms with Crippen LogP contribution in [0.25, 0.3) is 0 Å². The molecule has 2 atom stereocenters. The lowest BCUT2D eigenvalue weighted by molar-refractivity contribution is -0.141. The molecular formula is C27H23F7N2O2. The lowest BCUT2D eigenvalue weighted by Crippen LogP contribution is -2.32. The zero-order valence-corrected chi connectivity index (χ0v) is 20.3. The number of alkyl halides is 3. The monoisotopic (exact) mass is 540 g/mol. The van der Waals surface area contributed by atoms with E-state index < -0.39 is 47.2 Å². The van der Waals surface area contributed by atoms with Gasteiger partial charge >= 0.3 is 12.5 Å². The second-order valence-corrected chi connectivity index (χ2v) is 9.41. The summed E-state index contributed by atoms with van der Waals surface area (Å²) in [4.78, 5) is 27.0. The van der Waals surface area contributed by atoms with E-state index in [0.29, 0.717) is 11.3 Å². The summed E-state index contributed by atoms with van der Waals surface area (Å²) in [5.74, 6) is -2.32. The molecule has 1 saturated heterocycles. The van der Waals surface area contributed by atoms with Crippen molar-refractivity contribution in [2.24, 2.45) is 5.92 Å². The van der Waals surface area contributed by atoms with E-state index in [1.807, 2.05) is 0 Å². The van der Waals surface area contributed by atoms with Crippen LogP contribution in [0.5, 0.6) is 0 Å². The van der Waals surface area contributed by atoms with Crippen LogP contribution in [0.1, 0.15) is 49.7 Å². The summed E-state index contributed by atoms with van der Waals surface area (Å²) in [6.07, 6.45) is -6.93. The third-order valence-electron chi connectivity index (χ3n) is 6.20. The number of pyridine rings is 1. The molecule has 202 valence electrons. The van der Waals surface area contributed by atoms with Crippen molar-refractivity contribution in [1.82, 2.24) is 4.98 Å². The number of nitrogens with zero attached hydrogens (tertiary/aromatic N) is 2. The Bertz CT molecular complexity index is 1270. The predicted molar refractivity (Wildman–Crippen MR) is 126 cm³/mol. The molecule has 4 nitrogen and oxygen atoms in total. The first-order valence-corrected chi connectivity index (χ1v) is 11.4. The van der Waals surface area contributed by atoms with Crippen LogP contribution in [0.15, 0.2) is 66.7 Å². The Morgan fingerprint density at radius 3 is 2.03 bits per heavy atom. The van der Waals surface area contributed by atoms with Crippen molar-refractivity contribution >= 4 is 17.9 Å². The second kappa shape index (κ2) is 11.3. The number of hydrogen-bond donors (Lipinski definition) is 0. The van der Waals surface area contributed by atoms with Gasteiger partial charge in [0.15, 0.2) is 0 Å². The number of halogens is 7. The van der Waals surface area contributed by atoms with Gasteiger partial charge in [-0.3, -0.25) is 4.79 Å². The minimum absolute atomic E-state index is 0.220. The molecule has 1 aliphatic heterocycles. The average Bonchev–Trinajstić information content (AvgIpc) is 3.13. The molecule has 0 unspecified atom stereocenters. The minimum Gasteiger partial charge on any atom is -0.305 e. The van der Waals surface area contributed by atoms with Gasteiger partial charge in [0.1, 0.15) is 17.3 Å². The van der Waals surface area contributed by atoms with Gasteiger partial charge in [0.25, 0.3) is 0 Å². The van der Waals surface area contributed by atoms with Crippen LogP contribution in [0, 0.1) is 17.6 Å². The van der Waals surface area contributed by atoms with Gasteiger partial charge in [-0.2, -0.15) is 13.2 Å². The number of para-hydroxylation sites is 1. The Morgan fingerprint density at radius 2 is 1.47 bits per heavy atom. The van der Waals surface area contributed by atoms with E-state index in [1.54, 1.807) is 44.2 Å². The quantitative estimate of drug-likeness (QED) is 0.244. The van der Waals surface area contributed by atoms with E-state index in [0.717, 1.165) is 12.1 Å². The largest absolute Gasteiger partial charge is 0.483 e. The lowest BCUT2D eigenvalue weighted by atomic mass is 9.78. The molecule has 1 aliphatic rings. The molecule has 0 N–H and O–H groups in total. The van der Waals surface area contributed by atoms with Crippen molar-refractivity contribution < 1.29 is 40.3 Å². The van der Waals surface area contributed by atoms with Crippen LogP contribution in [-0.2, 0) is 16.4 Å². The molecule has 1 aromatic heterocycles. The summed E-state index contributed by atoms with van der Waals surface area (Å²) in [6.45, 7) is 3.48. The minimum atomic E-state index is -4.58. The molecule has 0 radical (unpaired) electrons. The zero-order chi connectivity index (χ0) is 28.3. The molecule has 2 heterocycles. The van der Waals surface area contributed by atoms with Gasteiger partial charge in [-0.15, -0.1) is 8.78 Å². The van der Waals surface area contributed by atoms with Gasteiger partial charge in [-0.1, -0.05) is 38.1 Å². The van der Waals surface area contributed by atoms with Crippen molar-refractivity contribution in [2.75, 3.05) is 4.90 Å². The Labute approximate surface area is 214 Å². The maximum Gasteiger partial charge on any atom is 0.483 e. The van der Waals surface area contributed by atoms with Crippen LogP contribution < -0.4 is 4.90 Å². The van der Waals surface area contributed by atoms with E-state index in [1.165, 1.54) is 29.2 Å². The van der Waals surface area contributed by atoms with Gasteiger partial charge < -0.3 is 4.90 Å². The molecule has 1 amide bonds. The number of hydrogen-bond acceptors (Lipinski definition) is 3. The summed E-state index contributed by atoms with van der Waals surface area (Å²) < 4.78 is 86.9. The summed E-state index contributed by atoms with van der Waals surface area (Å²) in [7, 11) is 0. The third kappa shape index (κ3) is 6.96. The number of benzene rings is 2. The van der Waals surface area contributed by atoms with Crippen molar-refractivity contribution in [3.63, 3.8) is 0 Å². The number of anilines is 1. The standard InChI is InChI=1S/C26H23F5N2O.CF2O/c1-25(2,22-9-6-10-23(32-22)26(29,30)31)15-17-13-21(16-11-18(27)14-19(28)12-16)33(24(17)34)20-7-4-3-5-8-20;2-1(3)4/h3-12,14,17,21H,13,15H2,1-2H3;/t17-,21+;/m0./s1. The van der Waals surface area contributed by atoms with E-state index in [-0.39, 0.29) is 24.4 Å². The fourth-order valence-corrected chi connectivity index (χ4v) is 4.64. The molecule has 38 heavy (non-hydrogen) atoms. The summed E-state index contributed by atoms with van der Waals surface area (Å²) in [5, 5.41) is 0. The Kier molecular flexibility index (Phi) is 8.58. The zero-order valence-electron chi connectivity index (χ0n) is 20.3. The maximum absolute atomic E-state index is 14.0. The molecule has 0 aliphatic carbocycles. The summed E-state index contributed by atoms with van der Waals surface area (Å²) in [6, 6.07) is 15.1. The molecule has 2 aromatic carbocycles. The van der Waals surface area contributed by atoms with Gasteiger partial charge in [-0.25, -0.2) is 18.6 Å². The normalized spacial score (nSPS) is 17.7. The molecule has 0 spiro atoms. The predicted octanol–water partition coefficient (Wildman–Crippen LogP) is 7.89. The first-order valence-electron chi connectivity index (χ1n) is 11.4. The van der Waals surface area contributed by atoms with Gasteiger partial charge in [0.2, 0.25) is 5.91 Å². The van der Waals surface area contributed by atoms with Crippen LogP contribution in [0.3, 0.4) is 0 Å². The van der Waals surface area contributed by atoms with E-state index >= 15 is 0 Å². The van der Waals surface area contributed by atoms with Crippen molar-refractivity contribution in [1.29, 1.82) is 0 Å². The molecule has 0 bridgehead atoms. The highest BCUT2D eigenvalue weighted by Gasteiger charge is 2.44. The fourth-order valence-electron chi connectivity index (χ4n) is 4.64. The molecule has 11 heteroatoms. The lowest BCUT2D eigenvalue weighted by Gasteiger charge is -2.27. The van der Waals surface area contributed by atoms with E-state index in [9.17, 15) is 35.5 Å².